The smallest absolute Gasteiger partial charge is 0.204 e. The maximum Gasteiger partial charge on any atom is 0.204 e. The van der Waals surface area contributed by atoms with Gasteiger partial charge in [0.2, 0.25) is 5.43 Å². The number of rotatable bonds is 5. The summed E-state index contributed by atoms with van der Waals surface area (Å²) in [6, 6.07) is 0. The Bertz CT molecular complexity index is 425. The van der Waals surface area contributed by atoms with Crippen LogP contribution in [-0.2, 0) is 5.41 Å². The molecule has 0 atom stereocenters. The van der Waals surface area contributed by atoms with Crippen molar-refractivity contribution in [2.24, 2.45) is 5.73 Å². The third-order valence-electron chi connectivity index (χ3n) is 2.59. The second-order valence-electron chi connectivity index (χ2n) is 5.08. The molecule has 1 aromatic rings. The highest BCUT2D eigenvalue weighted by molar-refractivity contribution is 7.71. The Morgan fingerprint density at radius 1 is 1.31 bits per heavy atom. The number of nitrogens with one attached hydrogen (secondary N) is 1. The third-order valence-corrected chi connectivity index (χ3v) is 2.98. The molecule has 0 aliphatic rings. The molecule has 0 unspecified atom stereocenters. The Morgan fingerprint density at radius 2 is 1.94 bits per heavy atom. The van der Waals surface area contributed by atoms with E-state index in [9.17, 15) is 4.79 Å². The first kappa shape index (κ1) is 13.3. The van der Waals surface area contributed by atoms with Gasteiger partial charge in [0, 0.05) is 12.1 Å². The molecule has 90 valence electrons. The van der Waals surface area contributed by atoms with Gasteiger partial charge in [0.15, 0.2) is 0 Å². The summed E-state index contributed by atoms with van der Waals surface area (Å²) in [6.45, 7) is 7.63. The second kappa shape index (κ2) is 5.06. The molecular formula is C12H20N2OS. The summed E-state index contributed by atoms with van der Waals surface area (Å²) >= 11 is 5.06. The maximum absolute atomic E-state index is 11.6. The molecule has 0 amide bonds. The van der Waals surface area contributed by atoms with Gasteiger partial charge in [-0.05, 0) is 24.8 Å². The fourth-order valence-electron chi connectivity index (χ4n) is 1.76. The van der Waals surface area contributed by atoms with Gasteiger partial charge in [0.1, 0.15) is 4.51 Å². The van der Waals surface area contributed by atoms with E-state index in [1.54, 1.807) is 0 Å². The summed E-state index contributed by atoms with van der Waals surface area (Å²) in [6.07, 6.45) is 2.00. The molecule has 0 spiro atoms. The minimum absolute atomic E-state index is 0.0313. The standard InChI is InChI=1S/C12H20N2OS/c1-12(2,3)8-9(11(16)10(8)15)14-7-5-4-6-13/h14H,4-7,13H2,1-3H3. The van der Waals surface area contributed by atoms with Crippen molar-refractivity contribution >= 4 is 17.9 Å². The number of nitrogens with two attached hydrogens (primary N) is 1. The Hall–Kier alpha value is -0.740. The van der Waals surface area contributed by atoms with Crippen LogP contribution < -0.4 is 16.5 Å². The van der Waals surface area contributed by atoms with Crippen LogP contribution in [0.25, 0.3) is 0 Å². The van der Waals surface area contributed by atoms with Crippen LogP contribution in [0.4, 0.5) is 5.69 Å². The van der Waals surface area contributed by atoms with E-state index in [-0.39, 0.29) is 10.8 Å². The van der Waals surface area contributed by atoms with Crippen LogP contribution in [0.3, 0.4) is 0 Å². The molecule has 0 radical (unpaired) electrons. The molecular weight excluding hydrogens is 220 g/mol. The molecule has 4 heteroatoms. The van der Waals surface area contributed by atoms with Gasteiger partial charge in [0.25, 0.3) is 0 Å². The van der Waals surface area contributed by atoms with Crippen molar-refractivity contribution in [2.45, 2.75) is 39.0 Å². The zero-order valence-corrected chi connectivity index (χ0v) is 11.0. The molecule has 16 heavy (non-hydrogen) atoms. The molecule has 0 saturated carbocycles. The number of hydrogen-bond donors (Lipinski definition) is 2. The van der Waals surface area contributed by atoms with Crippen molar-refractivity contribution in [1.29, 1.82) is 0 Å². The lowest BCUT2D eigenvalue weighted by atomic mass is 9.82. The van der Waals surface area contributed by atoms with Crippen molar-refractivity contribution < 1.29 is 0 Å². The topological polar surface area (TPSA) is 55.1 Å². The molecule has 0 fully saturated rings. The first-order chi connectivity index (χ1) is 7.39. The predicted molar refractivity (Wildman–Crippen MR) is 71.4 cm³/mol. The largest absolute Gasteiger partial charge is 0.383 e. The minimum Gasteiger partial charge on any atom is -0.383 e. The summed E-state index contributed by atoms with van der Waals surface area (Å²) in [5, 5.41) is 3.25. The Kier molecular flexibility index (Phi) is 4.21. The van der Waals surface area contributed by atoms with Gasteiger partial charge >= 0.3 is 0 Å². The van der Waals surface area contributed by atoms with Gasteiger partial charge in [-0.1, -0.05) is 33.0 Å². The molecule has 1 rings (SSSR count). The molecule has 0 bridgehead atoms. The zero-order chi connectivity index (χ0) is 12.3. The highest BCUT2D eigenvalue weighted by Crippen LogP contribution is 2.30. The fraction of sp³-hybridized carbons (Fsp3) is 0.667. The molecule has 0 aliphatic carbocycles. The van der Waals surface area contributed by atoms with Gasteiger partial charge in [-0.2, -0.15) is 0 Å². The molecule has 0 aliphatic heterocycles. The third kappa shape index (κ3) is 2.68. The van der Waals surface area contributed by atoms with Crippen LogP contribution in [0.1, 0.15) is 39.2 Å². The minimum atomic E-state index is -0.129. The summed E-state index contributed by atoms with van der Waals surface area (Å²) in [5.41, 5.74) is 7.04. The van der Waals surface area contributed by atoms with Gasteiger partial charge in [0.05, 0.1) is 5.69 Å². The van der Waals surface area contributed by atoms with E-state index in [4.69, 9.17) is 18.0 Å². The molecule has 3 nitrogen and oxygen atoms in total. The van der Waals surface area contributed by atoms with Crippen molar-refractivity contribution in [3.05, 3.63) is 20.3 Å². The first-order valence-corrected chi connectivity index (χ1v) is 6.08. The SMILES string of the molecule is CC(C)(C)c1c(NCCCCN)c(=S)c1=O. The fourth-order valence-corrected chi connectivity index (χ4v) is 2.03. The van der Waals surface area contributed by atoms with E-state index in [0.717, 1.165) is 30.6 Å². The zero-order valence-electron chi connectivity index (χ0n) is 10.2. The molecule has 0 aromatic heterocycles. The van der Waals surface area contributed by atoms with Crippen LogP contribution >= 0.6 is 12.2 Å². The van der Waals surface area contributed by atoms with Gasteiger partial charge in [-0.15, -0.1) is 0 Å². The van der Waals surface area contributed by atoms with Crippen molar-refractivity contribution in [3.8, 4) is 0 Å². The summed E-state index contributed by atoms with van der Waals surface area (Å²) in [5.74, 6) is 0. The van der Waals surface area contributed by atoms with Crippen LogP contribution in [-0.4, -0.2) is 13.1 Å². The monoisotopic (exact) mass is 240 g/mol. The molecule has 0 saturated heterocycles. The van der Waals surface area contributed by atoms with E-state index in [1.165, 1.54) is 0 Å². The Morgan fingerprint density at radius 3 is 2.44 bits per heavy atom. The van der Waals surface area contributed by atoms with E-state index in [2.05, 4.69) is 5.32 Å². The Labute approximate surface area is 102 Å². The number of unbranched alkanes of at least 4 members (excludes halogenated alkanes) is 1. The summed E-state index contributed by atoms with van der Waals surface area (Å²) < 4.78 is 0.456. The van der Waals surface area contributed by atoms with Crippen molar-refractivity contribution in [2.75, 3.05) is 18.4 Å². The molecule has 0 heterocycles. The average molecular weight is 240 g/mol. The van der Waals surface area contributed by atoms with Gasteiger partial charge in [-0.25, -0.2) is 0 Å². The number of anilines is 1. The van der Waals surface area contributed by atoms with Gasteiger partial charge in [-0.3, -0.25) is 4.79 Å². The predicted octanol–water partition coefficient (Wildman–Crippen LogP) is 2.10. The quantitative estimate of drug-likeness (QED) is 0.611. The Balaban J connectivity index is 2.71. The highest BCUT2D eigenvalue weighted by Gasteiger charge is 2.27. The van der Waals surface area contributed by atoms with Crippen LogP contribution in [0.5, 0.6) is 0 Å². The molecule has 1 aromatic carbocycles. The summed E-state index contributed by atoms with van der Waals surface area (Å²) in [7, 11) is 0. The van der Waals surface area contributed by atoms with Crippen LogP contribution in [0.2, 0.25) is 0 Å². The normalized spacial score (nSPS) is 12.0. The maximum atomic E-state index is 11.6. The lowest BCUT2D eigenvalue weighted by Gasteiger charge is -2.25. The van der Waals surface area contributed by atoms with Crippen LogP contribution in [0, 0.1) is 4.51 Å². The van der Waals surface area contributed by atoms with Gasteiger partial charge < -0.3 is 11.1 Å². The second-order valence-corrected chi connectivity index (χ2v) is 5.49. The highest BCUT2D eigenvalue weighted by atomic mass is 32.1. The average Bonchev–Trinajstić information content (AvgIpc) is 2.19. The lowest BCUT2D eigenvalue weighted by Crippen LogP contribution is -2.31. The van der Waals surface area contributed by atoms with E-state index < -0.39 is 0 Å². The van der Waals surface area contributed by atoms with Crippen molar-refractivity contribution in [1.82, 2.24) is 0 Å². The van der Waals surface area contributed by atoms with E-state index in [1.807, 2.05) is 20.8 Å². The van der Waals surface area contributed by atoms with Crippen molar-refractivity contribution in [3.63, 3.8) is 0 Å². The number of hydrogen-bond acceptors (Lipinski definition) is 4. The van der Waals surface area contributed by atoms with E-state index >= 15 is 0 Å². The lowest BCUT2D eigenvalue weighted by molar-refractivity contribution is 0.581. The first-order valence-electron chi connectivity index (χ1n) is 5.67. The molecule has 3 N–H and O–H groups in total. The summed E-state index contributed by atoms with van der Waals surface area (Å²) in [4.78, 5) is 11.6. The van der Waals surface area contributed by atoms with E-state index in [0.29, 0.717) is 11.1 Å². The van der Waals surface area contributed by atoms with Crippen LogP contribution in [0.15, 0.2) is 4.79 Å².